The zero-order chi connectivity index (χ0) is 14.7. The van der Waals surface area contributed by atoms with Gasteiger partial charge >= 0.3 is 4.87 Å². The van der Waals surface area contributed by atoms with Crippen molar-refractivity contribution < 1.29 is 4.92 Å². The van der Waals surface area contributed by atoms with Crippen molar-refractivity contribution in [3.05, 3.63) is 54.6 Å². The second kappa shape index (κ2) is 5.87. The highest BCUT2D eigenvalue weighted by atomic mass is 32.1. The van der Waals surface area contributed by atoms with Gasteiger partial charge in [0.15, 0.2) is 0 Å². The molecule has 0 radical (unpaired) electrons. The van der Waals surface area contributed by atoms with E-state index >= 15 is 0 Å². The van der Waals surface area contributed by atoms with Crippen molar-refractivity contribution in [3.63, 3.8) is 0 Å². The molecule has 20 heavy (non-hydrogen) atoms. The van der Waals surface area contributed by atoms with Gasteiger partial charge in [0.2, 0.25) is 0 Å². The van der Waals surface area contributed by atoms with Crippen molar-refractivity contribution in [3.8, 4) is 0 Å². The van der Waals surface area contributed by atoms with Crippen LogP contribution in [-0.4, -0.2) is 16.0 Å². The molecule has 0 saturated carbocycles. The zero-order valence-electron chi connectivity index (χ0n) is 11.3. The number of nitro groups is 1. The predicted molar refractivity (Wildman–Crippen MR) is 79.7 cm³/mol. The molecule has 0 amide bonds. The first-order valence-corrected chi connectivity index (χ1v) is 7.07. The van der Waals surface area contributed by atoms with Crippen molar-refractivity contribution in [2.24, 2.45) is 0 Å². The molecule has 0 fully saturated rings. The Morgan fingerprint density at radius 2 is 2.20 bits per heavy atom. The summed E-state index contributed by atoms with van der Waals surface area (Å²) < 4.78 is 1.61. The fourth-order valence-electron chi connectivity index (χ4n) is 1.95. The molecular formula is C13H15N3O3S. The monoisotopic (exact) mass is 293 g/mol. The van der Waals surface area contributed by atoms with Crippen LogP contribution in [0.2, 0.25) is 0 Å². The van der Waals surface area contributed by atoms with E-state index in [0.717, 1.165) is 22.6 Å². The van der Waals surface area contributed by atoms with Crippen LogP contribution in [0.4, 0.5) is 11.4 Å². The number of nitrogens with zero attached hydrogens (tertiary/aromatic N) is 2. The summed E-state index contributed by atoms with van der Waals surface area (Å²) in [5, 5.41) is 15.8. The van der Waals surface area contributed by atoms with Crippen LogP contribution in [0.25, 0.3) is 0 Å². The van der Waals surface area contributed by atoms with Gasteiger partial charge in [-0.05, 0) is 25.5 Å². The molecule has 0 aliphatic heterocycles. The average molecular weight is 293 g/mol. The summed E-state index contributed by atoms with van der Waals surface area (Å²) in [7, 11) is 0. The molecule has 2 rings (SSSR count). The van der Waals surface area contributed by atoms with Crippen molar-refractivity contribution in [2.75, 3.05) is 11.9 Å². The number of hydrogen-bond acceptors (Lipinski definition) is 5. The number of aryl methyl sites for hydroxylation is 1. The first-order chi connectivity index (χ1) is 9.52. The minimum Gasteiger partial charge on any atom is -0.380 e. The van der Waals surface area contributed by atoms with E-state index in [4.69, 9.17) is 0 Å². The number of benzene rings is 1. The second-order valence-corrected chi connectivity index (χ2v) is 5.19. The molecule has 0 aliphatic carbocycles. The third kappa shape index (κ3) is 2.88. The summed E-state index contributed by atoms with van der Waals surface area (Å²) >= 11 is 1.13. The summed E-state index contributed by atoms with van der Waals surface area (Å²) in [5.74, 6) is 0. The summed E-state index contributed by atoms with van der Waals surface area (Å²) in [6.45, 7) is 4.69. The second-order valence-electron chi connectivity index (χ2n) is 4.37. The highest BCUT2D eigenvalue weighted by molar-refractivity contribution is 7.07. The molecule has 2 aromatic rings. The molecule has 1 aromatic heterocycles. The van der Waals surface area contributed by atoms with E-state index in [1.54, 1.807) is 22.1 Å². The topological polar surface area (TPSA) is 77.2 Å². The Bertz CT molecular complexity index is 690. The molecule has 0 atom stereocenters. The van der Waals surface area contributed by atoms with E-state index in [2.05, 4.69) is 5.32 Å². The fraction of sp³-hybridized carbons (Fsp3) is 0.308. The Morgan fingerprint density at radius 3 is 2.75 bits per heavy atom. The normalized spacial score (nSPS) is 10.5. The zero-order valence-corrected chi connectivity index (χ0v) is 12.1. The maximum atomic E-state index is 11.7. The van der Waals surface area contributed by atoms with Crippen LogP contribution in [0.3, 0.4) is 0 Å². The van der Waals surface area contributed by atoms with Gasteiger partial charge in [0.25, 0.3) is 5.69 Å². The SMILES string of the molecule is CCNc1ccc(Cn2c(C)csc2=O)cc1[N+](=O)[O-]. The van der Waals surface area contributed by atoms with Gasteiger partial charge in [-0.25, -0.2) is 0 Å². The highest BCUT2D eigenvalue weighted by Gasteiger charge is 2.14. The van der Waals surface area contributed by atoms with Gasteiger partial charge in [-0.15, -0.1) is 0 Å². The molecule has 0 unspecified atom stereocenters. The van der Waals surface area contributed by atoms with Gasteiger partial charge in [-0.3, -0.25) is 19.5 Å². The lowest BCUT2D eigenvalue weighted by Crippen LogP contribution is -2.15. The lowest BCUT2D eigenvalue weighted by Gasteiger charge is -2.08. The van der Waals surface area contributed by atoms with E-state index < -0.39 is 4.92 Å². The maximum Gasteiger partial charge on any atom is 0.307 e. The molecule has 1 heterocycles. The predicted octanol–water partition coefficient (Wildman–Crippen LogP) is 2.61. The summed E-state index contributed by atoms with van der Waals surface area (Å²) in [5.41, 5.74) is 2.13. The molecule has 7 heteroatoms. The minimum atomic E-state index is -0.412. The quantitative estimate of drug-likeness (QED) is 0.679. The molecule has 106 valence electrons. The molecule has 0 spiro atoms. The molecular weight excluding hydrogens is 278 g/mol. The molecule has 1 aromatic carbocycles. The fourth-order valence-corrected chi connectivity index (χ4v) is 2.68. The van der Waals surface area contributed by atoms with Gasteiger partial charge in [-0.1, -0.05) is 17.4 Å². The van der Waals surface area contributed by atoms with Crippen LogP contribution in [-0.2, 0) is 6.54 Å². The standard InChI is InChI=1S/C13H15N3O3S/c1-3-14-11-5-4-10(6-12(11)16(18)19)7-15-9(2)8-20-13(15)17/h4-6,8,14H,3,7H2,1-2H3. The Labute approximate surface area is 119 Å². The largest absolute Gasteiger partial charge is 0.380 e. The molecule has 0 bridgehead atoms. The van der Waals surface area contributed by atoms with Gasteiger partial charge < -0.3 is 5.32 Å². The molecule has 1 N–H and O–H groups in total. The summed E-state index contributed by atoms with van der Waals surface area (Å²) in [4.78, 5) is 22.3. The maximum absolute atomic E-state index is 11.7. The van der Waals surface area contributed by atoms with Gasteiger partial charge in [0.1, 0.15) is 5.69 Å². The van der Waals surface area contributed by atoms with Crippen molar-refractivity contribution >= 4 is 22.7 Å². The third-order valence-corrected chi connectivity index (χ3v) is 3.82. The van der Waals surface area contributed by atoms with E-state index in [1.807, 2.05) is 13.8 Å². The molecule has 6 nitrogen and oxygen atoms in total. The Hall–Kier alpha value is -2.15. The van der Waals surface area contributed by atoms with E-state index in [1.165, 1.54) is 6.07 Å². The Balaban J connectivity index is 2.37. The average Bonchev–Trinajstić information content (AvgIpc) is 2.72. The number of nitro benzene ring substituents is 1. The highest BCUT2D eigenvalue weighted by Crippen LogP contribution is 2.25. The summed E-state index contributed by atoms with van der Waals surface area (Å²) in [6, 6.07) is 5.00. The molecule has 0 saturated heterocycles. The number of nitrogens with one attached hydrogen (secondary N) is 1. The van der Waals surface area contributed by atoms with E-state index in [9.17, 15) is 14.9 Å². The van der Waals surface area contributed by atoms with Crippen LogP contribution >= 0.6 is 11.3 Å². The van der Waals surface area contributed by atoms with E-state index in [0.29, 0.717) is 18.8 Å². The van der Waals surface area contributed by atoms with Gasteiger partial charge in [0.05, 0.1) is 11.5 Å². The lowest BCUT2D eigenvalue weighted by atomic mass is 10.1. The van der Waals surface area contributed by atoms with Crippen LogP contribution in [0.5, 0.6) is 0 Å². The Kier molecular flexibility index (Phi) is 4.19. The van der Waals surface area contributed by atoms with Crippen LogP contribution in [0.1, 0.15) is 18.2 Å². The number of rotatable bonds is 5. The first-order valence-electron chi connectivity index (χ1n) is 6.19. The van der Waals surface area contributed by atoms with Crippen LogP contribution in [0.15, 0.2) is 28.4 Å². The van der Waals surface area contributed by atoms with Crippen LogP contribution in [0, 0.1) is 17.0 Å². The smallest absolute Gasteiger partial charge is 0.307 e. The van der Waals surface area contributed by atoms with Crippen molar-refractivity contribution in [1.29, 1.82) is 0 Å². The van der Waals surface area contributed by atoms with Crippen molar-refractivity contribution in [1.82, 2.24) is 4.57 Å². The number of aromatic nitrogens is 1. The van der Waals surface area contributed by atoms with Gasteiger partial charge in [-0.2, -0.15) is 0 Å². The summed E-state index contributed by atoms with van der Waals surface area (Å²) in [6.07, 6.45) is 0. The number of thiazole rings is 1. The first kappa shape index (κ1) is 14.3. The number of anilines is 1. The minimum absolute atomic E-state index is 0.0327. The third-order valence-electron chi connectivity index (χ3n) is 2.94. The van der Waals surface area contributed by atoms with Crippen LogP contribution < -0.4 is 10.2 Å². The lowest BCUT2D eigenvalue weighted by molar-refractivity contribution is -0.384. The van der Waals surface area contributed by atoms with Gasteiger partial charge in [0, 0.05) is 23.7 Å². The van der Waals surface area contributed by atoms with Crippen molar-refractivity contribution in [2.45, 2.75) is 20.4 Å². The molecule has 0 aliphatic rings. The van der Waals surface area contributed by atoms with E-state index in [-0.39, 0.29) is 10.6 Å². The number of hydrogen-bond donors (Lipinski definition) is 1. The Morgan fingerprint density at radius 1 is 1.45 bits per heavy atom.